The zero-order chi connectivity index (χ0) is 39.5. The largest absolute Gasteiger partial charge is 0.427 e. The van der Waals surface area contributed by atoms with Crippen molar-refractivity contribution in [3.05, 3.63) is 82.0 Å². The lowest BCUT2D eigenvalue weighted by Gasteiger charge is -2.57. The van der Waals surface area contributed by atoms with E-state index in [1.54, 1.807) is 6.20 Å². The van der Waals surface area contributed by atoms with Crippen LogP contribution >= 0.6 is 21.6 Å². The van der Waals surface area contributed by atoms with Crippen molar-refractivity contribution in [1.29, 1.82) is 0 Å². The van der Waals surface area contributed by atoms with Crippen molar-refractivity contribution < 1.29 is 38.9 Å². The van der Waals surface area contributed by atoms with Crippen LogP contribution in [0.3, 0.4) is 0 Å². The van der Waals surface area contributed by atoms with Crippen molar-refractivity contribution in [2.75, 3.05) is 24.3 Å². The number of unbranched alkanes of at least 4 members (excludes halogenated alkanes) is 1. The lowest BCUT2D eigenvalue weighted by atomic mass is 9.43. The molecule has 13 heteroatoms. The van der Waals surface area contributed by atoms with Crippen LogP contribution in [0.1, 0.15) is 102 Å². The van der Waals surface area contributed by atoms with E-state index in [1.165, 1.54) is 38.6 Å². The standard InChI is InChI=1S/C44H51N3O8S2/c1-2-43(16-4-5-17-43)22-31-29-10-9-28-27-14-18-44(38(28)37(29)40(51)54-31)32-11-8-25(7-3-6-20-48)42(53)57-56-24-46-33-21-26(15-19-45-33)30(36(27)39(44)41(52)55-32)23-47-34(49)12-13-35(47)50/h11-13,15,19,21-22,25,27-28,30,38,42,48,53H,2-10,14,16-18,20,23-24H2,1H3,(H,45,46)/b31-22-,32-11+/t25-,27+,28+,30+,38-,42-,44+/m1/s1. The van der Waals surface area contributed by atoms with Gasteiger partial charge < -0.3 is 25.0 Å². The summed E-state index contributed by atoms with van der Waals surface area (Å²) in [7, 11) is 2.85. The summed E-state index contributed by atoms with van der Waals surface area (Å²) < 4.78 is 12.7. The molecule has 9 aliphatic rings. The highest BCUT2D eigenvalue weighted by Gasteiger charge is 2.69. The average molecular weight is 814 g/mol. The topological polar surface area (TPSA) is 155 Å². The monoisotopic (exact) mass is 813 g/mol. The van der Waals surface area contributed by atoms with Crippen LogP contribution in [0.2, 0.25) is 0 Å². The number of nitrogens with zero attached hydrogens (tertiary/aromatic N) is 2. The van der Waals surface area contributed by atoms with E-state index in [0.717, 1.165) is 68.1 Å². The van der Waals surface area contributed by atoms with Gasteiger partial charge in [-0.15, -0.1) is 0 Å². The molecule has 0 radical (unpaired) electrons. The number of amides is 2. The van der Waals surface area contributed by atoms with E-state index >= 15 is 0 Å². The Hall–Kier alpha value is -3.65. The molecule has 1 spiro atoms. The van der Waals surface area contributed by atoms with E-state index in [-0.39, 0.29) is 60.0 Å². The Morgan fingerprint density at radius 3 is 2.63 bits per heavy atom. The first kappa shape index (κ1) is 38.8. The molecule has 5 aliphatic carbocycles. The van der Waals surface area contributed by atoms with Crippen LogP contribution in [0, 0.1) is 34.5 Å². The second-order valence-corrected chi connectivity index (χ2v) is 19.6. The fourth-order valence-electron chi connectivity index (χ4n) is 11.7. The minimum atomic E-state index is -0.972. The van der Waals surface area contributed by atoms with Crippen LogP contribution in [0.4, 0.5) is 5.82 Å². The number of aliphatic hydroxyl groups is 2. The predicted octanol–water partition coefficient (Wildman–Crippen LogP) is 7.22. The molecule has 7 bridgehead atoms. The summed E-state index contributed by atoms with van der Waals surface area (Å²) in [6.07, 6.45) is 19.3. The van der Waals surface area contributed by atoms with Gasteiger partial charge in [-0.3, -0.25) is 14.5 Å². The van der Waals surface area contributed by atoms with E-state index < -0.39 is 22.7 Å². The molecule has 3 fully saturated rings. The first-order valence-corrected chi connectivity index (χ1v) is 23.2. The summed E-state index contributed by atoms with van der Waals surface area (Å²) in [4.78, 5) is 61.4. The van der Waals surface area contributed by atoms with Crippen molar-refractivity contribution in [2.24, 2.45) is 34.5 Å². The fourth-order valence-corrected chi connectivity index (χ4v) is 13.8. The summed E-state index contributed by atoms with van der Waals surface area (Å²) in [5, 5.41) is 24.5. The molecule has 1 aromatic heterocycles. The van der Waals surface area contributed by atoms with Crippen LogP contribution in [0.15, 0.2) is 76.4 Å². The highest BCUT2D eigenvalue weighted by Crippen LogP contribution is 2.72. The van der Waals surface area contributed by atoms with Gasteiger partial charge in [0.15, 0.2) is 0 Å². The molecule has 2 amide bonds. The van der Waals surface area contributed by atoms with Gasteiger partial charge in [0.1, 0.15) is 22.8 Å². The first-order valence-electron chi connectivity index (χ1n) is 20.8. The van der Waals surface area contributed by atoms with Crippen LogP contribution in [-0.4, -0.2) is 68.3 Å². The smallest absolute Gasteiger partial charge is 0.340 e. The second-order valence-electron chi connectivity index (χ2n) is 17.1. The highest BCUT2D eigenvalue weighted by molar-refractivity contribution is 8.76. The zero-order valence-corrected chi connectivity index (χ0v) is 34.0. The Balaban J connectivity index is 1.25. The molecule has 1 saturated heterocycles. The van der Waals surface area contributed by atoms with Crippen LogP contribution in [0.25, 0.3) is 0 Å². The number of imide groups is 1. The maximum atomic E-state index is 14.8. The van der Waals surface area contributed by atoms with Crippen LogP contribution in [-0.2, 0) is 28.7 Å². The molecule has 57 heavy (non-hydrogen) atoms. The second kappa shape index (κ2) is 15.5. The van der Waals surface area contributed by atoms with Gasteiger partial charge in [-0.2, -0.15) is 0 Å². The van der Waals surface area contributed by atoms with Crippen molar-refractivity contribution in [2.45, 2.75) is 102 Å². The van der Waals surface area contributed by atoms with Gasteiger partial charge in [-0.05, 0) is 123 Å². The number of esters is 2. The van der Waals surface area contributed by atoms with Crippen molar-refractivity contribution in [3.63, 3.8) is 0 Å². The van der Waals surface area contributed by atoms with E-state index in [4.69, 9.17) is 9.47 Å². The Labute approximate surface area is 341 Å². The normalized spacial score (nSPS) is 34.7. The van der Waals surface area contributed by atoms with Gasteiger partial charge in [0.05, 0.1) is 16.9 Å². The summed E-state index contributed by atoms with van der Waals surface area (Å²) in [5.74, 6) is -0.463. The molecule has 7 atom stereocenters. The molecular weight excluding hydrogens is 763 g/mol. The van der Waals surface area contributed by atoms with Gasteiger partial charge in [0, 0.05) is 54.5 Å². The number of carbonyl (C=O) groups is 4. The third-order valence-electron chi connectivity index (χ3n) is 14.4. The number of anilines is 1. The van der Waals surface area contributed by atoms with Gasteiger partial charge in [0.2, 0.25) is 0 Å². The molecule has 10 rings (SSSR count). The van der Waals surface area contributed by atoms with Gasteiger partial charge in [-0.25, -0.2) is 14.6 Å². The molecular formula is C44H51N3O8S2. The highest BCUT2D eigenvalue weighted by atomic mass is 33.1. The summed E-state index contributed by atoms with van der Waals surface area (Å²) >= 11 is 0. The number of cyclic esters (lactones) is 1. The average Bonchev–Trinajstić information content (AvgIpc) is 3.98. The number of ether oxygens (including phenoxy) is 2. The number of rotatable bonds is 8. The van der Waals surface area contributed by atoms with Gasteiger partial charge >= 0.3 is 11.9 Å². The Morgan fingerprint density at radius 1 is 1.05 bits per heavy atom. The molecule has 0 aromatic carbocycles. The third-order valence-corrected chi connectivity index (χ3v) is 16.8. The zero-order valence-electron chi connectivity index (χ0n) is 32.4. The van der Waals surface area contributed by atoms with Crippen molar-refractivity contribution >= 4 is 51.2 Å². The van der Waals surface area contributed by atoms with E-state index in [0.29, 0.717) is 66.5 Å². The molecule has 302 valence electrons. The Kier molecular flexibility index (Phi) is 10.6. The minimum Gasteiger partial charge on any atom is -0.427 e. The van der Waals surface area contributed by atoms with Crippen LogP contribution < -0.4 is 5.32 Å². The maximum absolute atomic E-state index is 14.8. The van der Waals surface area contributed by atoms with Crippen molar-refractivity contribution in [3.8, 4) is 0 Å². The molecule has 11 nitrogen and oxygen atoms in total. The number of hydrogen-bond donors (Lipinski definition) is 3. The SMILES string of the molecule is CCC1(/C=C2\OC(=O)C3=C2CC[C@H]2[C@@H]4CC[C@@]5(C6=C4[C@@H](CN4C(=O)C=CC4=O)c4ccnc(c4)NCSS[C@@H](O)[C@H](CCCCO)C/C=C\5OC6=O)[C@@H]32)CCCC1. The molecule has 5 heterocycles. The molecule has 2 saturated carbocycles. The Bertz CT molecular complexity index is 2010. The summed E-state index contributed by atoms with van der Waals surface area (Å²) in [6, 6.07) is 3.83. The van der Waals surface area contributed by atoms with Crippen molar-refractivity contribution in [1.82, 2.24) is 9.88 Å². The number of hydrogen-bond acceptors (Lipinski definition) is 12. The fraction of sp³-hybridized carbons (Fsp3) is 0.568. The Morgan fingerprint density at radius 2 is 1.86 bits per heavy atom. The summed E-state index contributed by atoms with van der Waals surface area (Å²) in [5.41, 5.74) is 2.20. The minimum absolute atomic E-state index is 0.00399. The lowest BCUT2D eigenvalue weighted by Crippen LogP contribution is -2.53. The lowest BCUT2D eigenvalue weighted by molar-refractivity contribution is -0.137. The quantitative estimate of drug-likeness (QED) is 0.105. The number of allylic oxidation sites excluding steroid dienone is 4. The number of pyridine rings is 1. The molecule has 3 N–H and O–H groups in total. The van der Waals surface area contributed by atoms with E-state index in [9.17, 15) is 29.4 Å². The number of fused-ring (bicyclic) bond motifs is 3. The number of aromatic nitrogens is 1. The van der Waals surface area contributed by atoms with Crippen LogP contribution in [0.5, 0.6) is 0 Å². The van der Waals surface area contributed by atoms with E-state index in [1.807, 2.05) is 18.2 Å². The maximum Gasteiger partial charge on any atom is 0.340 e. The first-order chi connectivity index (χ1) is 27.7. The third kappa shape index (κ3) is 6.55. The molecule has 0 unspecified atom stereocenters. The molecule has 1 aromatic rings. The number of aliphatic hydroxyl groups excluding tert-OH is 2. The summed E-state index contributed by atoms with van der Waals surface area (Å²) in [6.45, 7) is 2.33. The van der Waals surface area contributed by atoms with E-state index in [2.05, 4.69) is 23.3 Å². The predicted molar refractivity (Wildman–Crippen MR) is 217 cm³/mol. The van der Waals surface area contributed by atoms with Gasteiger partial charge in [-0.1, -0.05) is 47.8 Å². The van der Waals surface area contributed by atoms with Gasteiger partial charge in [0.25, 0.3) is 11.8 Å². The molecule has 4 aliphatic heterocycles. The number of nitrogens with one attached hydrogen (secondary N) is 1. The number of carbonyl (C=O) groups excluding carboxylic acids is 4.